The summed E-state index contributed by atoms with van der Waals surface area (Å²) in [5.74, 6) is -4.61. The lowest BCUT2D eigenvalue weighted by Gasteiger charge is -2.22. The molecule has 0 spiro atoms. The van der Waals surface area contributed by atoms with E-state index in [2.05, 4.69) is 0 Å². The lowest BCUT2D eigenvalue weighted by atomic mass is 10.0. The van der Waals surface area contributed by atoms with Gasteiger partial charge in [-0.25, -0.2) is 0 Å². The summed E-state index contributed by atoms with van der Waals surface area (Å²) in [6.45, 7) is 2.37. The number of aliphatic hydroxyl groups is 1. The van der Waals surface area contributed by atoms with E-state index in [1.165, 1.54) is 18.2 Å². The number of hydrogen-bond acceptors (Lipinski definition) is 2. The standard InChI is InChI=1S/C14H17F5O2/c1-2-3-7-21-11-6-4-5-10(8-11)12(20)9-13(15,16)14(17,18)19/h4-6,8,12,20H,2-3,7,9H2,1H3. The molecule has 0 aliphatic heterocycles. The zero-order chi connectivity index (χ0) is 16.1. The topological polar surface area (TPSA) is 29.5 Å². The summed E-state index contributed by atoms with van der Waals surface area (Å²) in [4.78, 5) is 0. The van der Waals surface area contributed by atoms with Gasteiger partial charge in [-0.2, -0.15) is 22.0 Å². The molecule has 21 heavy (non-hydrogen) atoms. The Morgan fingerprint density at radius 1 is 1.19 bits per heavy atom. The molecule has 2 nitrogen and oxygen atoms in total. The number of rotatable bonds is 7. The molecule has 0 radical (unpaired) electrons. The molecule has 0 amide bonds. The van der Waals surface area contributed by atoms with Crippen LogP contribution in [-0.4, -0.2) is 23.8 Å². The predicted octanol–water partition coefficient (Wildman–Crippen LogP) is 4.49. The highest BCUT2D eigenvalue weighted by Gasteiger charge is 2.58. The Hall–Kier alpha value is -1.37. The highest BCUT2D eigenvalue weighted by atomic mass is 19.4. The minimum atomic E-state index is -5.68. The zero-order valence-electron chi connectivity index (χ0n) is 11.5. The molecule has 1 rings (SSSR count). The fourth-order valence-corrected chi connectivity index (χ4v) is 1.62. The van der Waals surface area contributed by atoms with Crippen LogP contribution in [0.4, 0.5) is 22.0 Å². The second-order valence-corrected chi connectivity index (χ2v) is 4.70. The van der Waals surface area contributed by atoms with E-state index in [4.69, 9.17) is 4.74 Å². The molecule has 0 aliphatic carbocycles. The summed E-state index contributed by atoms with van der Waals surface area (Å²) in [5, 5.41) is 9.58. The van der Waals surface area contributed by atoms with E-state index < -0.39 is 24.6 Å². The van der Waals surface area contributed by atoms with Crippen molar-refractivity contribution >= 4 is 0 Å². The molecule has 1 aromatic carbocycles. The molecule has 1 unspecified atom stereocenters. The number of alkyl halides is 5. The molecule has 0 saturated heterocycles. The molecule has 1 aromatic rings. The van der Waals surface area contributed by atoms with E-state index in [-0.39, 0.29) is 5.56 Å². The third kappa shape index (κ3) is 5.15. The summed E-state index contributed by atoms with van der Waals surface area (Å²) in [7, 11) is 0. The Morgan fingerprint density at radius 2 is 1.86 bits per heavy atom. The average Bonchev–Trinajstić information content (AvgIpc) is 2.37. The maximum atomic E-state index is 12.9. The van der Waals surface area contributed by atoms with E-state index in [1.807, 2.05) is 6.92 Å². The lowest BCUT2D eigenvalue weighted by molar-refractivity contribution is -0.290. The maximum Gasteiger partial charge on any atom is 0.453 e. The summed E-state index contributed by atoms with van der Waals surface area (Å²) >= 11 is 0. The van der Waals surface area contributed by atoms with Crippen molar-refractivity contribution in [3.63, 3.8) is 0 Å². The van der Waals surface area contributed by atoms with Gasteiger partial charge in [0.1, 0.15) is 5.75 Å². The van der Waals surface area contributed by atoms with Crippen molar-refractivity contribution in [3.8, 4) is 5.75 Å². The van der Waals surface area contributed by atoms with Crippen molar-refractivity contribution in [1.29, 1.82) is 0 Å². The van der Waals surface area contributed by atoms with Crippen molar-refractivity contribution in [2.75, 3.05) is 6.61 Å². The van der Waals surface area contributed by atoms with Gasteiger partial charge in [0.25, 0.3) is 0 Å². The number of unbranched alkanes of at least 4 members (excludes halogenated alkanes) is 1. The molecule has 7 heteroatoms. The smallest absolute Gasteiger partial charge is 0.453 e. The average molecular weight is 312 g/mol. The Morgan fingerprint density at radius 3 is 2.43 bits per heavy atom. The van der Waals surface area contributed by atoms with Crippen LogP contribution in [0.2, 0.25) is 0 Å². The summed E-state index contributed by atoms with van der Waals surface area (Å²) in [5.41, 5.74) is -0.0343. The first kappa shape index (κ1) is 17.7. The largest absolute Gasteiger partial charge is 0.494 e. The monoisotopic (exact) mass is 312 g/mol. The van der Waals surface area contributed by atoms with E-state index in [0.717, 1.165) is 12.8 Å². The van der Waals surface area contributed by atoms with Gasteiger partial charge < -0.3 is 9.84 Å². The number of ether oxygens (including phenoxy) is 1. The molecule has 1 N–H and O–H groups in total. The second kappa shape index (κ2) is 7.06. The van der Waals surface area contributed by atoms with Gasteiger partial charge in [-0.15, -0.1) is 0 Å². The minimum absolute atomic E-state index is 0.0343. The Bertz CT molecular complexity index is 445. The fourth-order valence-electron chi connectivity index (χ4n) is 1.62. The number of benzene rings is 1. The molecule has 0 aliphatic rings. The molecule has 1 atom stereocenters. The van der Waals surface area contributed by atoms with Crippen LogP contribution in [0, 0.1) is 0 Å². The SMILES string of the molecule is CCCCOc1cccc(C(O)CC(F)(F)C(F)(F)F)c1. The van der Waals surface area contributed by atoms with E-state index in [1.54, 1.807) is 6.07 Å². The first-order valence-electron chi connectivity index (χ1n) is 6.52. The second-order valence-electron chi connectivity index (χ2n) is 4.70. The molecule has 120 valence electrons. The normalized spacial score (nSPS) is 14.0. The molecular weight excluding hydrogens is 295 g/mol. The third-order valence-electron chi connectivity index (χ3n) is 2.87. The van der Waals surface area contributed by atoms with Crippen LogP contribution in [-0.2, 0) is 0 Å². The minimum Gasteiger partial charge on any atom is -0.494 e. The van der Waals surface area contributed by atoms with Gasteiger partial charge in [0.05, 0.1) is 19.1 Å². The van der Waals surface area contributed by atoms with E-state index in [0.29, 0.717) is 12.4 Å². The fraction of sp³-hybridized carbons (Fsp3) is 0.571. The van der Waals surface area contributed by atoms with Crippen LogP contribution in [0.5, 0.6) is 5.75 Å². The molecule has 0 heterocycles. The Labute approximate surface area is 119 Å². The van der Waals surface area contributed by atoms with Crippen LogP contribution in [0.1, 0.15) is 37.9 Å². The van der Waals surface area contributed by atoms with E-state index >= 15 is 0 Å². The van der Waals surface area contributed by atoms with Crippen molar-refractivity contribution < 1.29 is 31.8 Å². The quantitative estimate of drug-likeness (QED) is 0.594. The van der Waals surface area contributed by atoms with Gasteiger partial charge in [0, 0.05) is 0 Å². The van der Waals surface area contributed by atoms with Gasteiger partial charge in [0.2, 0.25) is 0 Å². The molecular formula is C14H17F5O2. The number of hydrogen-bond donors (Lipinski definition) is 1. The van der Waals surface area contributed by atoms with Crippen LogP contribution in [0.25, 0.3) is 0 Å². The van der Waals surface area contributed by atoms with E-state index in [9.17, 15) is 27.1 Å². The Kier molecular flexibility index (Phi) is 5.95. The van der Waals surface area contributed by atoms with Gasteiger partial charge in [0.15, 0.2) is 0 Å². The molecule has 0 fully saturated rings. The van der Waals surface area contributed by atoms with Crippen LogP contribution in [0.15, 0.2) is 24.3 Å². The van der Waals surface area contributed by atoms with Gasteiger partial charge in [-0.3, -0.25) is 0 Å². The van der Waals surface area contributed by atoms with Gasteiger partial charge in [-0.05, 0) is 24.1 Å². The first-order chi connectivity index (χ1) is 9.67. The molecule has 0 bridgehead atoms. The first-order valence-corrected chi connectivity index (χ1v) is 6.52. The summed E-state index contributed by atoms with van der Waals surface area (Å²) in [6, 6.07) is 5.54. The van der Waals surface area contributed by atoms with Crippen molar-refractivity contribution in [3.05, 3.63) is 29.8 Å². The van der Waals surface area contributed by atoms with Crippen molar-refractivity contribution in [2.24, 2.45) is 0 Å². The predicted molar refractivity (Wildman–Crippen MR) is 67.4 cm³/mol. The maximum absolute atomic E-state index is 12.9. The molecule has 0 aromatic heterocycles. The highest BCUT2D eigenvalue weighted by molar-refractivity contribution is 5.30. The van der Waals surface area contributed by atoms with Crippen LogP contribution >= 0.6 is 0 Å². The van der Waals surface area contributed by atoms with Crippen LogP contribution in [0.3, 0.4) is 0 Å². The van der Waals surface area contributed by atoms with Gasteiger partial charge >= 0.3 is 12.1 Å². The Balaban J connectivity index is 2.74. The van der Waals surface area contributed by atoms with Crippen LogP contribution < -0.4 is 4.74 Å². The van der Waals surface area contributed by atoms with Gasteiger partial charge in [-0.1, -0.05) is 25.5 Å². The summed E-state index contributed by atoms with van der Waals surface area (Å²) < 4.78 is 67.4. The van der Waals surface area contributed by atoms with Crippen molar-refractivity contribution in [1.82, 2.24) is 0 Å². The van der Waals surface area contributed by atoms with Crippen molar-refractivity contribution in [2.45, 2.75) is 44.4 Å². The number of halogens is 5. The lowest BCUT2D eigenvalue weighted by Crippen LogP contribution is -2.37. The molecule has 0 saturated carbocycles. The highest BCUT2D eigenvalue weighted by Crippen LogP contribution is 2.41. The number of aliphatic hydroxyl groups excluding tert-OH is 1. The zero-order valence-corrected chi connectivity index (χ0v) is 11.5. The summed E-state index contributed by atoms with van der Waals surface area (Å²) in [6.07, 6.45) is -7.62. The third-order valence-corrected chi connectivity index (χ3v) is 2.87.